The predicted molar refractivity (Wildman–Crippen MR) is 108 cm³/mol. The van der Waals surface area contributed by atoms with Crippen molar-refractivity contribution in [2.75, 3.05) is 7.11 Å². The average Bonchev–Trinajstić information content (AvgIpc) is 3.10. The van der Waals surface area contributed by atoms with E-state index in [2.05, 4.69) is 13.8 Å². The van der Waals surface area contributed by atoms with Crippen LogP contribution in [0.5, 0.6) is 0 Å². The van der Waals surface area contributed by atoms with E-state index in [-0.39, 0.29) is 40.6 Å². The van der Waals surface area contributed by atoms with Crippen molar-refractivity contribution in [3.8, 4) is 0 Å². The molecule has 0 aromatic rings. The molecule has 1 saturated heterocycles. The second-order valence-corrected chi connectivity index (χ2v) is 10.1. The van der Waals surface area contributed by atoms with Crippen molar-refractivity contribution < 1.29 is 23.9 Å². The number of carbonyl (C=O) groups excluding carboxylic acids is 3. The Balaban J connectivity index is 1.68. The molecule has 2 saturated carbocycles. The zero-order valence-corrected chi connectivity index (χ0v) is 18.0. The first-order valence-corrected chi connectivity index (χ1v) is 11.3. The van der Waals surface area contributed by atoms with Gasteiger partial charge in [0.1, 0.15) is 5.60 Å². The number of hydrogen-bond acceptors (Lipinski definition) is 5. The molecule has 4 aliphatic rings. The van der Waals surface area contributed by atoms with Crippen molar-refractivity contribution in [1.82, 2.24) is 0 Å². The van der Waals surface area contributed by atoms with E-state index in [1.165, 1.54) is 7.11 Å². The number of allylic oxidation sites excluding steroid dienone is 2. The van der Waals surface area contributed by atoms with Crippen molar-refractivity contribution in [3.05, 3.63) is 11.6 Å². The number of ether oxygens (including phenoxy) is 2. The number of fused-ring (bicyclic) bond motifs is 3. The molecule has 3 fully saturated rings. The molecule has 29 heavy (non-hydrogen) atoms. The fraction of sp³-hybridized carbons (Fsp3) is 0.792. The third kappa shape index (κ3) is 3.44. The standard InChI is InChI=1S/C24H34O5/c1-15-6-7-20-18(5-4-10-24(15)12-9-21(26)29-24)19(22(27)28-3)14-16-13-17(25)8-11-23(16,20)2/h13,15,18-20H,4-12,14H2,1-3H3/t15-,18?,19+,20?,23-,24?/m0/s1. The molecule has 3 unspecified atom stereocenters. The Kier molecular flexibility index (Phi) is 5.37. The van der Waals surface area contributed by atoms with Crippen molar-refractivity contribution in [3.63, 3.8) is 0 Å². The lowest BCUT2D eigenvalue weighted by Crippen LogP contribution is -2.47. The average molecular weight is 403 g/mol. The molecule has 1 spiro atoms. The number of carbonyl (C=O) groups is 3. The summed E-state index contributed by atoms with van der Waals surface area (Å²) in [6, 6.07) is 0. The van der Waals surface area contributed by atoms with Crippen molar-refractivity contribution in [2.24, 2.45) is 29.1 Å². The highest BCUT2D eigenvalue weighted by atomic mass is 16.6. The normalized spacial score (nSPS) is 42.7. The van der Waals surface area contributed by atoms with Crippen molar-refractivity contribution in [1.29, 1.82) is 0 Å². The van der Waals surface area contributed by atoms with Gasteiger partial charge in [-0.2, -0.15) is 0 Å². The van der Waals surface area contributed by atoms with Gasteiger partial charge in [0.15, 0.2) is 5.78 Å². The van der Waals surface area contributed by atoms with Gasteiger partial charge in [0.25, 0.3) is 0 Å². The Morgan fingerprint density at radius 3 is 2.62 bits per heavy atom. The topological polar surface area (TPSA) is 69.7 Å². The SMILES string of the molecule is COC(=O)[C@@H]1CC2=CC(=O)CC[C@]2(C)C2CC[C@H](C)C3(CCCC21)CCC(=O)O3. The molecule has 4 rings (SSSR count). The van der Waals surface area contributed by atoms with Gasteiger partial charge in [0.05, 0.1) is 13.0 Å². The highest BCUT2D eigenvalue weighted by Gasteiger charge is 2.54. The fourth-order valence-electron chi connectivity index (χ4n) is 6.92. The molecule has 0 aromatic carbocycles. The summed E-state index contributed by atoms with van der Waals surface area (Å²) in [4.78, 5) is 36.8. The van der Waals surface area contributed by atoms with Crippen LogP contribution < -0.4 is 0 Å². The number of methoxy groups -OCH3 is 1. The van der Waals surface area contributed by atoms with Crippen LogP contribution >= 0.6 is 0 Å². The molecule has 0 N–H and O–H groups in total. The van der Waals surface area contributed by atoms with Gasteiger partial charge in [-0.25, -0.2) is 0 Å². The highest BCUT2D eigenvalue weighted by molar-refractivity contribution is 5.92. The molecule has 3 aliphatic carbocycles. The maximum absolute atomic E-state index is 12.7. The molecular formula is C24H34O5. The third-order valence-corrected chi connectivity index (χ3v) is 8.77. The molecule has 1 aliphatic heterocycles. The van der Waals surface area contributed by atoms with Crippen LogP contribution in [-0.4, -0.2) is 30.4 Å². The van der Waals surface area contributed by atoms with Crippen LogP contribution in [0.15, 0.2) is 11.6 Å². The van der Waals surface area contributed by atoms with Gasteiger partial charge in [-0.3, -0.25) is 14.4 Å². The van der Waals surface area contributed by atoms with Gasteiger partial charge >= 0.3 is 11.9 Å². The molecule has 0 amide bonds. The van der Waals surface area contributed by atoms with Gasteiger partial charge in [0.2, 0.25) is 0 Å². The maximum Gasteiger partial charge on any atom is 0.309 e. The summed E-state index contributed by atoms with van der Waals surface area (Å²) in [5, 5.41) is 0. The van der Waals surface area contributed by atoms with Gasteiger partial charge < -0.3 is 9.47 Å². The minimum Gasteiger partial charge on any atom is -0.469 e. The maximum atomic E-state index is 12.7. The van der Waals surface area contributed by atoms with Crippen LogP contribution in [-0.2, 0) is 23.9 Å². The molecule has 6 atom stereocenters. The lowest BCUT2D eigenvalue weighted by molar-refractivity contribution is -0.153. The second-order valence-electron chi connectivity index (χ2n) is 10.1. The van der Waals surface area contributed by atoms with E-state index in [4.69, 9.17) is 9.47 Å². The minimum absolute atomic E-state index is 0.0212. The minimum atomic E-state index is -0.326. The first kappa shape index (κ1) is 20.6. The fourth-order valence-corrected chi connectivity index (χ4v) is 6.92. The molecule has 5 heteroatoms. The van der Waals surface area contributed by atoms with Crippen LogP contribution in [0, 0.1) is 29.1 Å². The van der Waals surface area contributed by atoms with Gasteiger partial charge in [-0.05, 0) is 80.6 Å². The first-order valence-electron chi connectivity index (χ1n) is 11.3. The zero-order valence-electron chi connectivity index (χ0n) is 18.0. The number of esters is 2. The van der Waals surface area contributed by atoms with E-state index in [0.717, 1.165) is 50.5 Å². The van der Waals surface area contributed by atoms with Crippen LogP contribution in [0.1, 0.15) is 78.1 Å². The third-order valence-electron chi connectivity index (χ3n) is 8.77. The van der Waals surface area contributed by atoms with E-state index < -0.39 is 0 Å². The summed E-state index contributed by atoms with van der Waals surface area (Å²) in [6.45, 7) is 4.54. The van der Waals surface area contributed by atoms with Crippen LogP contribution in [0.25, 0.3) is 0 Å². The van der Waals surface area contributed by atoms with E-state index in [9.17, 15) is 14.4 Å². The van der Waals surface area contributed by atoms with E-state index in [1.54, 1.807) is 0 Å². The monoisotopic (exact) mass is 402 g/mol. The Labute approximate surface area is 173 Å². The van der Waals surface area contributed by atoms with E-state index in [0.29, 0.717) is 31.1 Å². The number of ketones is 1. The van der Waals surface area contributed by atoms with Gasteiger partial charge in [0, 0.05) is 12.8 Å². The summed E-state index contributed by atoms with van der Waals surface area (Å²) in [5.74, 6) is 0.733. The largest absolute Gasteiger partial charge is 0.469 e. The van der Waals surface area contributed by atoms with Crippen molar-refractivity contribution >= 4 is 17.7 Å². The molecule has 0 radical (unpaired) electrons. The van der Waals surface area contributed by atoms with Gasteiger partial charge in [-0.15, -0.1) is 0 Å². The summed E-state index contributed by atoms with van der Waals surface area (Å²) >= 11 is 0. The second kappa shape index (κ2) is 7.55. The molecule has 0 aromatic heterocycles. The molecule has 1 heterocycles. The van der Waals surface area contributed by atoms with Crippen molar-refractivity contribution in [2.45, 2.75) is 83.7 Å². The molecular weight excluding hydrogens is 368 g/mol. The van der Waals surface area contributed by atoms with E-state index in [1.807, 2.05) is 6.08 Å². The molecule has 0 bridgehead atoms. The first-order chi connectivity index (χ1) is 13.8. The zero-order chi connectivity index (χ0) is 20.8. The number of rotatable bonds is 1. The van der Waals surface area contributed by atoms with Crippen LogP contribution in [0.2, 0.25) is 0 Å². The lowest BCUT2D eigenvalue weighted by atomic mass is 9.52. The molecule has 5 nitrogen and oxygen atoms in total. The summed E-state index contributed by atoms with van der Waals surface area (Å²) in [5.41, 5.74) is 0.805. The molecule has 160 valence electrons. The Hall–Kier alpha value is -1.65. The van der Waals surface area contributed by atoms with Gasteiger partial charge in [-0.1, -0.05) is 19.4 Å². The van der Waals surface area contributed by atoms with Crippen LogP contribution in [0.4, 0.5) is 0 Å². The van der Waals surface area contributed by atoms with E-state index >= 15 is 0 Å². The summed E-state index contributed by atoms with van der Waals surface area (Å²) in [7, 11) is 1.47. The Morgan fingerprint density at radius 1 is 1.14 bits per heavy atom. The number of hydrogen-bond donors (Lipinski definition) is 0. The summed E-state index contributed by atoms with van der Waals surface area (Å²) < 4.78 is 11.1. The quantitative estimate of drug-likeness (QED) is 0.609. The smallest absolute Gasteiger partial charge is 0.309 e. The van der Waals surface area contributed by atoms with Crippen LogP contribution in [0.3, 0.4) is 0 Å². The lowest BCUT2D eigenvalue weighted by Gasteiger charge is -2.52. The predicted octanol–water partition coefficient (Wildman–Crippen LogP) is 4.38. The highest BCUT2D eigenvalue weighted by Crippen LogP contribution is 2.58. The Morgan fingerprint density at radius 2 is 1.93 bits per heavy atom. The Bertz CT molecular complexity index is 740. The summed E-state index contributed by atoms with van der Waals surface area (Å²) in [6.07, 6.45) is 10.1.